The number of rotatable bonds is 4. The predicted octanol–water partition coefficient (Wildman–Crippen LogP) is 2.42. The fourth-order valence-electron chi connectivity index (χ4n) is 4.24. The van der Waals surface area contributed by atoms with Crippen molar-refractivity contribution < 1.29 is 14.0 Å². The van der Waals surface area contributed by atoms with Crippen molar-refractivity contribution in [1.29, 1.82) is 0 Å². The van der Waals surface area contributed by atoms with E-state index in [1.54, 1.807) is 4.90 Å². The second-order valence-corrected chi connectivity index (χ2v) is 8.03. The van der Waals surface area contributed by atoms with Crippen molar-refractivity contribution in [1.82, 2.24) is 19.7 Å². The number of piperazine rings is 1. The van der Waals surface area contributed by atoms with Gasteiger partial charge in [0.15, 0.2) is 0 Å². The van der Waals surface area contributed by atoms with E-state index >= 15 is 0 Å². The summed E-state index contributed by atoms with van der Waals surface area (Å²) < 4.78 is 13.1. The molecule has 0 unspecified atom stereocenters. The van der Waals surface area contributed by atoms with Crippen LogP contribution in [0.25, 0.3) is 0 Å². The molecular formula is C23H27FN4O2. The van der Waals surface area contributed by atoms with Gasteiger partial charge in [0.2, 0.25) is 5.91 Å². The number of aromatic nitrogens is 1. The van der Waals surface area contributed by atoms with E-state index in [2.05, 4.69) is 9.88 Å². The molecule has 2 aromatic rings. The normalized spacial score (nSPS) is 18.4. The van der Waals surface area contributed by atoms with Gasteiger partial charge >= 0.3 is 0 Å². The Morgan fingerprint density at radius 1 is 0.867 bits per heavy atom. The molecule has 1 aromatic heterocycles. The summed E-state index contributed by atoms with van der Waals surface area (Å²) >= 11 is 0. The van der Waals surface area contributed by atoms with Crippen LogP contribution in [-0.4, -0.2) is 70.8 Å². The van der Waals surface area contributed by atoms with Crippen molar-refractivity contribution in [3.63, 3.8) is 0 Å². The average molecular weight is 410 g/mol. The van der Waals surface area contributed by atoms with Crippen LogP contribution in [0.4, 0.5) is 4.39 Å². The standard InChI is InChI=1S/C23H27FN4O2/c24-21-3-1-19(2-4-21)22(29)27-11-7-20(8-12-27)23(30)28-15-13-26(14-16-28)17-18-5-9-25-10-6-18/h1-6,9-10,20H,7-8,11-17H2. The molecule has 0 spiro atoms. The van der Waals surface area contributed by atoms with Crippen molar-refractivity contribution >= 4 is 11.8 Å². The van der Waals surface area contributed by atoms with Crippen molar-refractivity contribution in [3.8, 4) is 0 Å². The number of carbonyl (C=O) groups excluding carboxylic acids is 2. The first-order chi connectivity index (χ1) is 14.6. The molecule has 3 heterocycles. The highest BCUT2D eigenvalue weighted by Gasteiger charge is 2.32. The molecule has 0 saturated carbocycles. The molecule has 1 aromatic carbocycles. The van der Waals surface area contributed by atoms with E-state index in [-0.39, 0.29) is 23.5 Å². The van der Waals surface area contributed by atoms with Crippen LogP contribution in [0.15, 0.2) is 48.8 Å². The van der Waals surface area contributed by atoms with Crippen LogP contribution in [-0.2, 0) is 11.3 Å². The number of halogens is 1. The Morgan fingerprint density at radius 3 is 2.13 bits per heavy atom. The minimum absolute atomic E-state index is 0.0194. The van der Waals surface area contributed by atoms with Gasteiger partial charge in [-0.15, -0.1) is 0 Å². The van der Waals surface area contributed by atoms with Crippen LogP contribution in [0.5, 0.6) is 0 Å². The molecule has 7 heteroatoms. The van der Waals surface area contributed by atoms with Crippen LogP contribution in [0.1, 0.15) is 28.8 Å². The third kappa shape index (κ3) is 4.84. The highest BCUT2D eigenvalue weighted by atomic mass is 19.1. The number of piperidine rings is 1. The van der Waals surface area contributed by atoms with E-state index < -0.39 is 0 Å². The molecule has 0 radical (unpaired) electrons. The van der Waals surface area contributed by atoms with Gasteiger partial charge in [-0.3, -0.25) is 19.5 Å². The van der Waals surface area contributed by atoms with Crippen LogP contribution in [0.3, 0.4) is 0 Å². The number of pyridine rings is 1. The summed E-state index contributed by atoms with van der Waals surface area (Å²) in [5.74, 6) is -0.246. The van der Waals surface area contributed by atoms with E-state index in [0.717, 1.165) is 32.7 Å². The molecule has 6 nitrogen and oxygen atoms in total. The minimum atomic E-state index is -0.350. The molecule has 158 valence electrons. The van der Waals surface area contributed by atoms with Crippen molar-refractivity contribution in [2.75, 3.05) is 39.3 Å². The smallest absolute Gasteiger partial charge is 0.253 e. The Hall–Kier alpha value is -2.80. The first-order valence-electron chi connectivity index (χ1n) is 10.5. The molecule has 30 heavy (non-hydrogen) atoms. The molecule has 2 aliphatic heterocycles. The van der Waals surface area contributed by atoms with Crippen molar-refractivity contribution in [2.24, 2.45) is 5.92 Å². The topological polar surface area (TPSA) is 56.8 Å². The maximum atomic E-state index is 13.1. The molecule has 4 rings (SSSR count). The van der Waals surface area contributed by atoms with Gasteiger partial charge in [0, 0.05) is 69.7 Å². The molecule has 2 aliphatic rings. The molecule has 2 amide bonds. The second-order valence-electron chi connectivity index (χ2n) is 8.03. The van der Waals surface area contributed by atoms with Gasteiger partial charge in [-0.05, 0) is 54.8 Å². The largest absolute Gasteiger partial charge is 0.340 e. The van der Waals surface area contributed by atoms with Crippen LogP contribution < -0.4 is 0 Å². The first kappa shape index (κ1) is 20.5. The third-order valence-electron chi connectivity index (χ3n) is 6.06. The number of carbonyl (C=O) groups is 2. The lowest BCUT2D eigenvalue weighted by Gasteiger charge is -2.38. The zero-order valence-electron chi connectivity index (χ0n) is 17.0. The number of nitrogens with zero attached hydrogens (tertiary/aromatic N) is 4. The van der Waals surface area contributed by atoms with Crippen molar-refractivity contribution in [2.45, 2.75) is 19.4 Å². The minimum Gasteiger partial charge on any atom is -0.340 e. The highest BCUT2D eigenvalue weighted by molar-refractivity contribution is 5.94. The van der Waals surface area contributed by atoms with E-state index in [1.165, 1.54) is 29.8 Å². The Morgan fingerprint density at radius 2 is 1.50 bits per heavy atom. The summed E-state index contributed by atoms with van der Waals surface area (Å²) in [4.78, 5) is 35.7. The molecule has 2 saturated heterocycles. The first-order valence-corrected chi connectivity index (χ1v) is 10.5. The molecule has 0 aliphatic carbocycles. The second kappa shape index (κ2) is 9.34. The Labute approximate surface area is 176 Å². The monoisotopic (exact) mass is 410 g/mol. The van der Waals surface area contributed by atoms with Crippen LogP contribution in [0.2, 0.25) is 0 Å². The molecule has 0 N–H and O–H groups in total. The highest BCUT2D eigenvalue weighted by Crippen LogP contribution is 2.22. The molecular weight excluding hydrogens is 383 g/mol. The zero-order valence-corrected chi connectivity index (χ0v) is 17.0. The number of hydrogen-bond acceptors (Lipinski definition) is 4. The number of likely N-dealkylation sites (tertiary alicyclic amines) is 1. The quantitative estimate of drug-likeness (QED) is 0.777. The van der Waals surface area contributed by atoms with Gasteiger partial charge in [-0.1, -0.05) is 0 Å². The summed E-state index contributed by atoms with van der Waals surface area (Å²) in [6, 6.07) is 9.69. The number of amides is 2. The molecule has 0 bridgehead atoms. The number of benzene rings is 1. The lowest BCUT2D eigenvalue weighted by Crippen LogP contribution is -2.51. The SMILES string of the molecule is O=C(c1ccc(F)cc1)N1CCC(C(=O)N2CCN(Cc3ccncc3)CC2)CC1. The molecule has 0 atom stereocenters. The lowest BCUT2D eigenvalue weighted by atomic mass is 9.94. The van der Waals surface area contributed by atoms with Gasteiger partial charge < -0.3 is 9.80 Å². The fourth-order valence-corrected chi connectivity index (χ4v) is 4.24. The molecule has 2 fully saturated rings. The number of hydrogen-bond donors (Lipinski definition) is 0. The summed E-state index contributed by atoms with van der Waals surface area (Å²) in [7, 11) is 0. The zero-order chi connectivity index (χ0) is 20.9. The van der Waals surface area contributed by atoms with Crippen molar-refractivity contribution in [3.05, 3.63) is 65.7 Å². The lowest BCUT2D eigenvalue weighted by molar-refractivity contribution is -0.138. The third-order valence-corrected chi connectivity index (χ3v) is 6.06. The summed E-state index contributed by atoms with van der Waals surface area (Å²) in [5, 5.41) is 0. The summed E-state index contributed by atoms with van der Waals surface area (Å²) in [6.07, 6.45) is 4.98. The fraction of sp³-hybridized carbons (Fsp3) is 0.435. The average Bonchev–Trinajstić information content (AvgIpc) is 2.80. The van der Waals surface area contributed by atoms with E-state index in [1.807, 2.05) is 29.4 Å². The summed E-state index contributed by atoms with van der Waals surface area (Å²) in [5.41, 5.74) is 1.73. The van der Waals surface area contributed by atoms with E-state index in [9.17, 15) is 14.0 Å². The van der Waals surface area contributed by atoms with Gasteiger partial charge in [0.25, 0.3) is 5.91 Å². The Bertz CT molecular complexity index is 859. The Kier molecular flexibility index (Phi) is 6.38. The van der Waals surface area contributed by atoms with Gasteiger partial charge in [-0.2, -0.15) is 0 Å². The maximum absolute atomic E-state index is 13.1. The van der Waals surface area contributed by atoms with Crippen LogP contribution in [0, 0.1) is 11.7 Å². The predicted molar refractivity (Wildman–Crippen MR) is 111 cm³/mol. The van der Waals surface area contributed by atoms with Gasteiger partial charge in [0.1, 0.15) is 5.82 Å². The van der Waals surface area contributed by atoms with Crippen LogP contribution >= 0.6 is 0 Å². The van der Waals surface area contributed by atoms with E-state index in [4.69, 9.17) is 0 Å². The summed E-state index contributed by atoms with van der Waals surface area (Å²) in [6.45, 7) is 5.25. The van der Waals surface area contributed by atoms with Gasteiger partial charge in [-0.25, -0.2) is 4.39 Å². The van der Waals surface area contributed by atoms with Gasteiger partial charge in [0.05, 0.1) is 0 Å². The van der Waals surface area contributed by atoms with E-state index in [0.29, 0.717) is 31.5 Å². The maximum Gasteiger partial charge on any atom is 0.253 e. The Balaban J connectivity index is 1.24.